The SMILES string of the molecule is CC(C)c1ccc(OCC(=O)OCc2ccccc2)cc1. The number of carbonyl (C=O) groups excluding carboxylic acids is 1. The van der Waals surface area contributed by atoms with Crippen LogP contribution in [-0.4, -0.2) is 12.6 Å². The maximum absolute atomic E-state index is 11.6. The average molecular weight is 284 g/mol. The standard InChI is InChI=1S/C18H20O3/c1-14(2)16-8-10-17(11-9-16)20-13-18(19)21-12-15-6-4-3-5-7-15/h3-11,14H,12-13H2,1-2H3. The first-order valence-corrected chi connectivity index (χ1v) is 7.07. The Balaban J connectivity index is 1.76. The van der Waals surface area contributed by atoms with E-state index in [1.807, 2.05) is 54.6 Å². The van der Waals surface area contributed by atoms with E-state index in [-0.39, 0.29) is 19.2 Å². The zero-order valence-corrected chi connectivity index (χ0v) is 12.4. The molecule has 0 heterocycles. The van der Waals surface area contributed by atoms with Crippen molar-refractivity contribution in [3.8, 4) is 5.75 Å². The monoisotopic (exact) mass is 284 g/mol. The molecule has 2 aromatic rings. The Bertz CT molecular complexity index is 559. The first-order valence-electron chi connectivity index (χ1n) is 7.07. The van der Waals surface area contributed by atoms with Gasteiger partial charge in [-0.1, -0.05) is 56.3 Å². The number of rotatable bonds is 6. The molecule has 3 nitrogen and oxygen atoms in total. The molecule has 0 radical (unpaired) electrons. The summed E-state index contributed by atoms with van der Waals surface area (Å²) in [5.74, 6) is 0.790. The lowest BCUT2D eigenvalue weighted by atomic mass is 10.0. The van der Waals surface area contributed by atoms with Crippen LogP contribution in [0.1, 0.15) is 30.9 Å². The van der Waals surface area contributed by atoms with Gasteiger partial charge >= 0.3 is 5.97 Å². The third kappa shape index (κ3) is 4.95. The Hall–Kier alpha value is -2.29. The molecule has 110 valence electrons. The molecule has 0 unspecified atom stereocenters. The van der Waals surface area contributed by atoms with Crippen molar-refractivity contribution in [2.75, 3.05) is 6.61 Å². The molecule has 2 rings (SSSR count). The number of esters is 1. The minimum Gasteiger partial charge on any atom is -0.482 e. The van der Waals surface area contributed by atoms with Crippen LogP contribution in [0.4, 0.5) is 0 Å². The van der Waals surface area contributed by atoms with Crippen molar-refractivity contribution in [2.24, 2.45) is 0 Å². The summed E-state index contributed by atoms with van der Waals surface area (Å²) in [4.78, 5) is 11.6. The third-order valence-corrected chi connectivity index (χ3v) is 3.15. The third-order valence-electron chi connectivity index (χ3n) is 3.15. The fourth-order valence-corrected chi connectivity index (χ4v) is 1.87. The maximum atomic E-state index is 11.6. The summed E-state index contributed by atoms with van der Waals surface area (Å²) in [5, 5.41) is 0. The molecular formula is C18H20O3. The minimum absolute atomic E-state index is 0.0755. The van der Waals surface area contributed by atoms with E-state index in [2.05, 4.69) is 13.8 Å². The second-order valence-corrected chi connectivity index (χ2v) is 5.16. The summed E-state index contributed by atoms with van der Waals surface area (Å²) in [6.45, 7) is 4.47. The van der Waals surface area contributed by atoms with Crippen molar-refractivity contribution in [1.29, 1.82) is 0 Å². The van der Waals surface area contributed by atoms with Gasteiger partial charge in [0.05, 0.1) is 0 Å². The van der Waals surface area contributed by atoms with Crippen molar-refractivity contribution < 1.29 is 14.3 Å². The highest BCUT2D eigenvalue weighted by atomic mass is 16.6. The van der Waals surface area contributed by atoms with Crippen LogP contribution >= 0.6 is 0 Å². The molecule has 0 aliphatic rings. The van der Waals surface area contributed by atoms with Gasteiger partial charge in [0.1, 0.15) is 12.4 Å². The second kappa shape index (κ2) is 7.48. The lowest BCUT2D eigenvalue weighted by molar-refractivity contribution is -0.147. The first-order chi connectivity index (χ1) is 10.1. The Morgan fingerprint density at radius 1 is 1.00 bits per heavy atom. The van der Waals surface area contributed by atoms with Gasteiger partial charge in [0.2, 0.25) is 0 Å². The van der Waals surface area contributed by atoms with Crippen LogP contribution in [0.15, 0.2) is 54.6 Å². The Morgan fingerprint density at radius 3 is 2.29 bits per heavy atom. The predicted octanol–water partition coefficient (Wildman–Crippen LogP) is 3.93. The summed E-state index contributed by atoms with van der Waals surface area (Å²) in [7, 11) is 0. The van der Waals surface area contributed by atoms with Crippen LogP contribution in [0.2, 0.25) is 0 Å². The van der Waals surface area contributed by atoms with Crippen molar-refractivity contribution in [3.63, 3.8) is 0 Å². The van der Waals surface area contributed by atoms with Crippen LogP contribution in [0.5, 0.6) is 5.75 Å². The van der Waals surface area contributed by atoms with E-state index in [9.17, 15) is 4.79 Å². The van der Waals surface area contributed by atoms with Crippen molar-refractivity contribution >= 4 is 5.97 Å². The van der Waals surface area contributed by atoms with Crippen molar-refractivity contribution in [2.45, 2.75) is 26.4 Å². The summed E-state index contributed by atoms with van der Waals surface area (Å²) >= 11 is 0. The van der Waals surface area contributed by atoms with Gasteiger partial charge in [-0.05, 0) is 29.2 Å². The summed E-state index contributed by atoms with van der Waals surface area (Å²) in [5.41, 5.74) is 2.21. The lowest BCUT2D eigenvalue weighted by Crippen LogP contribution is -2.14. The quantitative estimate of drug-likeness (QED) is 0.754. The number of carbonyl (C=O) groups is 1. The van der Waals surface area contributed by atoms with E-state index in [1.165, 1.54) is 5.56 Å². The van der Waals surface area contributed by atoms with Crippen molar-refractivity contribution in [1.82, 2.24) is 0 Å². The summed E-state index contributed by atoms with van der Waals surface area (Å²) in [6.07, 6.45) is 0. The molecule has 2 aromatic carbocycles. The largest absolute Gasteiger partial charge is 0.482 e. The number of ether oxygens (including phenoxy) is 2. The zero-order valence-electron chi connectivity index (χ0n) is 12.4. The van der Waals surface area contributed by atoms with Crippen LogP contribution in [0, 0.1) is 0 Å². The van der Waals surface area contributed by atoms with E-state index in [0.717, 1.165) is 5.56 Å². The molecule has 0 fully saturated rings. The highest BCUT2D eigenvalue weighted by Gasteiger charge is 2.05. The number of benzene rings is 2. The molecule has 0 amide bonds. The minimum atomic E-state index is -0.369. The predicted molar refractivity (Wildman–Crippen MR) is 82.3 cm³/mol. The van der Waals surface area contributed by atoms with Crippen LogP contribution in [-0.2, 0) is 16.1 Å². The zero-order chi connectivity index (χ0) is 15.1. The van der Waals surface area contributed by atoms with Gasteiger partial charge in [0.25, 0.3) is 0 Å². The van der Waals surface area contributed by atoms with Crippen molar-refractivity contribution in [3.05, 3.63) is 65.7 Å². The molecular weight excluding hydrogens is 264 g/mol. The molecule has 0 atom stereocenters. The van der Waals surface area contributed by atoms with E-state index in [0.29, 0.717) is 11.7 Å². The van der Waals surface area contributed by atoms with Gasteiger partial charge in [-0.15, -0.1) is 0 Å². The molecule has 0 saturated heterocycles. The van der Waals surface area contributed by atoms with Crippen LogP contribution in [0.25, 0.3) is 0 Å². The van der Waals surface area contributed by atoms with E-state index in [1.54, 1.807) is 0 Å². The Labute approximate surface area is 125 Å². The molecule has 0 bridgehead atoms. The molecule has 0 saturated carbocycles. The van der Waals surface area contributed by atoms with Gasteiger partial charge in [-0.3, -0.25) is 0 Å². The first kappa shape index (κ1) is 15.1. The van der Waals surface area contributed by atoms with Gasteiger partial charge in [0.15, 0.2) is 6.61 Å². The topological polar surface area (TPSA) is 35.5 Å². The fraction of sp³-hybridized carbons (Fsp3) is 0.278. The Morgan fingerprint density at radius 2 is 1.67 bits per heavy atom. The number of hydrogen-bond donors (Lipinski definition) is 0. The van der Waals surface area contributed by atoms with Gasteiger partial charge in [-0.25, -0.2) is 4.79 Å². The van der Waals surface area contributed by atoms with E-state index < -0.39 is 0 Å². The molecule has 0 spiro atoms. The molecule has 3 heteroatoms. The second-order valence-electron chi connectivity index (χ2n) is 5.16. The molecule has 21 heavy (non-hydrogen) atoms. The summed E-state index contributed by atoms with van der Waals surface area (Å²) < 4.78 is 10.6. The van der Waals surface area contributed by atoms with Gasteiger partial charge in [-0.2, -0.15) is 0 Å². The fourth-order valence-electron chi connectivity index (χ4n) is 1.87. The molecule has 0 aliphatic carbocycles. The summed E-state index contributed by atoms with van der Waals surface area (Å²) in [6, 6.07) is 17.4. The molecule has 0 N–H and O–H groups in total. The van der Waals surface area contributed by atoms with Crippen LogP contribution < -0.4 is 4.74 Å². The molecule has 0 aromatic heterocycles. The van der Waals surface area contributed by atoms with Gasteiger partial charge < -0.3 is 9.47 Å². The van der Waals surface area contributed by atoms with E-state index in [4.69, 9.17) is 9.47 Å². The number of hydrogen-bond acceptors (Lipinski definition) is 3. The highest BCUT2D eigenvalue weighted by molar-refractivity contribution is 5.71. The smallest absolute Gasteiger partial charge is 0.344 e. The van der Waals surface area contributed by atoms with Gasteiger partial charge in [0, 0.05) is 0 Å². The Kier molecular flexibility index (Phi) is 5.38. The average Bonchev–Trinajstić information content (AvgIpc) is 2.52. The lowest BCUT2D eigenvalue weighted by Gasteiger charge is -2.09. The van der Waals surface area contributed by atoms with Crippen LogP contribution in [0.3, 0.4) is 0 Å². The maximum Gasteiger partial charge on any atom is 0.344 e. The highest BCUT2D eigenvalue weighted by Crippen LogP contribution is 2.18. The molecule has 0 aliphatic heterocycles. The normalized spacial score (nSPS) is 10.4. The van der Waals surface area contributed by atoms with E-state index >= 15 is 0 Å².